The molecule has 0 saturated carbocycles. The first-order valence-corrected chi connectivity index (χ1v) is 5.74. The zero-order valence-electron chi connectivity index (χ0n) is 9.12. The van der Waals surface area contributed by atoms with Crippen LogP contribution in [0.15, 0.2) is 12.7 Å². The molecule has 0 bridgehead atoms. The summed E-state index contributed by atoms with van der Waals surface area (Å²) >= 11 is 0. The minimum absolute atomic E-state index is 0.524. The summed E-state index contributed by atoms with van der Waals surface area (Å²) in [6, 6.07) is 0. The SMILES string of the molecule is C=CCCCCCCCCCC(O)O. The Labute approximate surface area is 87.7 Å². The minimum Gasteiger partial charge on any atom is -0.368 e. The first-order chi connectivity index (χ1) is 6.77. The molecule has 0 heterocycles. The van der Waals surface area contributed by atoms with Crippen LogP contribution in [-0.4, -0.2) is 16.5 Å². The molecular formula is C12H24O2. The number of allylic oxidation sites excluding steroid dienone is 1. The van der Waals surface area contributed by atoms with Crippen molar-refractivity contribution in [3.05, 3.63) is 12.7 Å². The van der Waals surface area contributed by atoms with E-state index in [4.69, 9.17) is 10.2 Å². The highest BCUT2D eigenvalue weighted by atomic mass is 16.5. The second-order valence-electron chi connectivity index (χ2n) is 3.82. The van der Waals surface area contributed by atoms with Crippen LogP contribution < -0.4 is 0 Å². The summed E-state index contributed by atoms with van der Waals surface area (Å²) in [7, 11) is 0. The fourth-order valence-corrected chi connectivity index (χ4v) is 1.50. The first kappa shape index (κ1) is 13.7. The van der Waals surface area contributed by atoms with Crippen LogP contribution >= 0.6 is 0 Å². The molecule has 0 aliphatic heterocycles. The summed E-state index contributed by atoms with van der Waals surface area (Å²) in [5, 5.41) is 17.2. The number of hydrogen-bond acceptors (Lipinski definition) is 2. The monoisotopic (exact) mass is 200 g/mol. The Morgan fingerprint density at radius 2 is 1.36 bits per heavy atom. The van der Waals surface area contributed by atoms with Crippen molar-refractivity contribution in [3.8, 4) is 0 Å². The van der Waals surface area contributed by atoms with Crippen molar-refractivity contribution in [1.82, 2.24) is 0 Å². The van der Waals surface area contributed by atoms with E-state index >= 15 is 0 Å². The predicted octanol–water partition coefficient (Wildman–Crippen LogP) is 2.99. The number of unbranched alkanes of at least 4 members (excludes halogenated alkanes) is 7. The van der Waals surface area contributed by atoms with Gasteiger partial charge in [-0.2, -0.15) is 0 Å². The maximum atomic E-state index is 8.60. The van der Waals surface area contributed by atoms with Gasteiger partial charge in [-0.15, -0.1) is 6.58 Å². The van der Waals surface area contributed by atoms with E-state index in [9.17, 15) is 0 Å². The second-order valence-corrected chi connectivity index (χ2v) is 3.82. The smallest absolute Gasteiger partial charge is 0.151 e. The number of hydrogen-bond donors (Lipinski definition) is 2. The lowest BCUT2D eigenvalue weighted by Gasteiger charge is -2.03. The zero-order chi connectivity index (χ0) is 10.6. The van der Waals surface area contributed by atoms with Crippen LogP contribution in [-0.2, 0) is 0 Å². The molecule has 0 aliphatic carbocycles. The van der Waals surface area contributed by atoms with Gasteiger partial charge in [0.15, 0.2) is 6.29 Å². The average Bonchev–Trinajstić information content (AvgIpc) is 2.15. The minimum atomic E-state index is -1.11. The van der Waals surface area contributed by atoms with Crippen molar-refractivity contribution in [2.45, 2.75) is 64.1 Å². The standard InChI is InChI=1S/C12H24O2/c1-2-3-4-5-6-7-8-9-10-11-12(13)14/h2,12-14H,1,3-11H2. The van der Waals surface area contributed by atoms with E-state index in [1.165, 1.54) is 32.1 Å². The number of aliphatic hydroxyl groups is 2. The van der Waals surface area contributed by atoms with Crippen LogP contribution in [0.25, 0.3) is 0 Å². The fourth-order valence-electron chi connectivity index (χ4n) is 1.50. The van der Waals surface area contributed by atoms with Crippen LogP contribution in [0.1, 0.15) is 57.8 Å². The lowest BCUT2D eigenvalue weighted by molar-refractivity contribution is -0.0466. The van der Waals surface area contributed by atoms with Crippen molar-refractivity contribution in [2.24, 2.45) is 0 Å². The lowest BCUT2D eigenvalue weighted by atomic mass is 10.1. The largest absolute Gasteiger partial charge is 0.368 e. The highest BCUT2D eigenvalue weighted by molar-refractivity contribution is 4.65. The first-order valence-electron chi connectivity index (χ1n) is 5.74. The molecule has 2 heteroatoms. The number of rotatable bonds is 10. The van der Waals surface area contributed by atoms with Crippen molar-refractivity contribution >= 4 is 0 Å². The molecule has 0 fully saturated rings. The van der Waals surface area contributed by atoms with Gasteiger partial charge in [0.25, 0.3) is 0 Å². The van der Waals surface area contributed by atoms with Gasteiger partial charge in [-0.25, -0.2) is 0 Å². The zero-order valence-corrected chi connectivity index (χ0v) is 9.12. The Morgan fingerprint density at radius 3 is 1.86 bits per heavy atom. The third-order valence-electron chi connectivity index (χ3n) is 2.37. The summed E-state index contributed by atoms with van der Waals surface area (Å²) in [4.78, 5) is 0. The van der Waals surface area contributed by atoms with Crippen molar-refractivity contribution in [1.29, 1.82) is 0 Å². The molecule has 2 nitrogen and oxygen atoms in total. The summed E-state index contributed by atoms with van der Waals surface area (Å²) in [6.45, 7) is 3.69. The molecule has 0 amide bonds. The van der Waals surface area contributed by atoms with Crippen LogP contribution in [0.5, 0.6) is 0 Å². The normalized spacial score (nSPS) is 10.8. The highest BCUT2D eigenvalue weighted by Gasteiger charge is 1.96. The summed E-state index contributed by atoms with van der Waals surface area (Å²) in [5.74, 6) is 0. The summed E-state index contributed by atoms with van der Waals surface area (Å²) < 4.78 is 0. The molecule has 14 heavy (non-hydrogen) atoms. The van der Waals surface area contributed by atoms with E-state index in [0.29, 0.717) is 6.42 Å². The van der Waals surface area contributed by atoms with Gasteiger partial charge in [-0.1, -0.05) is 38.2 Å². The van der Waals surface area contributed by atoms with E-state index in [1.807, 2.05) is 6.08 Å². The average molecular weight is 200 g/mol. The molecule has 0 saturated heterocycles. The maximum absolute atomic E-state index is 8.60. The molecule has 0 spiro atoms. The van der Waals surface area contributed by atoms with Gasteiger partial charge in [0.2, 0.25) is 0 Å². The Kier molecular flexibility index (Phi) is 10.5. The van der Waals surface area contributed by atoms with Gasteiger partial charge >= 0.3 is 0 Å². The van der Waals surface area contributed by atoms with E-state index in [0.717, 1.165) is 19.3 Å². The Balaban J connectivity index is 2.88. The van der Waals surface area contributed by atoms with Gasteiger partial charge in [0, 0.05) is 0 Å². The molecule has 2 N–H and O–H groups in total. The quantitative estimate of drug-likeness (QED) is 0.323. The maximum Gasteiger partial charge on any atom is 0.151 e. The fraction of sp³-hybridized carbons (Fsp3) is 0.833. The summed E-state index contributed by atoms with van der Waals surface area (Å²) in [6.07, 6.45) is 10.9. The molecule has 84 valence electrons. The molecular weight excluding hydrogens is 176 g/mol. The third kappa shape index (κ3) is 11.7. The van der Waals surface area contributed by atoms with E-state index in [2.05, 4.69) is 6.58 Å². The topological polar surface area (TPSA) is 40.5 Å². The lowest BCUT2D eigenvalue weighted by Crippen LogP contribution is -2.02. The van der Waals surface area contributed by atoms with Gasteiger partial charge in [0.05, 0.1) is 0 Å². The van der Waals surface area contributed by atoms with Gasteiger partial charge in [-0.3, -0.25) is 0 Å². The van der Waals surface area contributed by atoms with Crippen molar-refractivity contribution in [3.63, 3.8) is 0 Å². The molecule has 0 aliphatic rings. The Bertz CT molecular complexity index is 121. The third-order valence-corrected chi connectivity index (χ3v) is 2.37. The molecule has 0 radical (unpaired) electrons. The van der Waals surface area contributed by atoms with Crippen molar-refractivity contribution < 1.29 is 10.2 Å². The Hall–Kier alpha value is -0.340. The Morgan fingerprint density at radius 1 is 0.857 bits per heavy atom. The molecule has 0 aromatic carbocycles. The van der Waals surface area contributed by atoms with Gasteiger partial charge in [0.1, 0.15) is 0 Å². The molecule has 0 atom stereocenters. The van der Waals surface area contributed by atoms with Crippen LogP contribution in [0.4, 0.5) is 0 Å². The van der Waals surface area contributed by atoms with Gasteiger partial charge in [-0.05, 0) is 25.7 Å². The molecule has 0 unspecified atom stereocenters. The van der Waals surface area contributed by atoms with Crippen LogP contribution in [0.3, 0.4) is 0 Å². The highest BCUT2D eigenvalue weighted by Crippen LogP contribution is 2.10. The van der Waals surface area contributed by atoms with Gasteiger partial charge < -0.3 is 10.2 Å². The molecule has 0 aromatic rings. The second kappa shape index (κ2) is 10.7. The van der Waals surface area contributed by atoms with E-state index in [-0.39, 0.29) is 0 Å². The molecule has 0 rings (SSSR count). The van der Waals surface area contributed by atoms with E-state index < -0.39 is 6.29 Å². The van der Waals surface area contributed by atoms with Crippen LogP contribution in [0, 0.1) is 0 Å². The number of aliphatic hydroxyl groups excluding tert-OH is 1. The van der Waals surface area contributed by atoms with Crippen LogP contribution in [0.2, 0.25) is 0 Å². The summed E-state index contributed by atoms with van der Waals surface area (Å²) in [5.41, 5.74) is 0. The van der Waals surface area contributed by atoms with Crippen molar-refractivity contribution in [2.75, 3.05) is 0 Å². The molecule has 0 aromatic heterocycles. The predicted molar refractivity (Wildman–Crippen MR) is 60.0 cm³/mol. The van der Waals surface area contributed by atoms with E-state index in [1.54, 1.807) is 0 Å².